The smallest absolute Gasteiger partial charge is 0.184 e. The average molecular weight is 271 g/mol. The third-order valence-electron chi connectivity index (χ3n) is 4.44. The number of nitrogen functional groups attached to an aromatic ring is 1. The first kappa shape index (κ1) is 13.1. The van der Waals surface area contributed by atoms with Gasteiger partial charge in [-0.1, -0.05) is 31.4 Å². The van der Waals surface area contributed by atoms with Crippen molar-refractivity contribution in [3.8, 4) is 11.4 Å². The number of aromatic nitrogens is 4. The van der Waals surface area contributed by atoms with Crippen molar-refractivity contribution in [3.63, 3.8) is 0 Å². The van der Waals surface area contributed by atoms with Crippen molar-refractivity contribution in [3.05, 3.63) is 23.8 Å². The van der Waals surface area contributed by atoms with Crippen LogP contribution in [0.15, 0.2) is 18.2 Å². The molecule has 0 aliphatic heterocycles. The second-order valence-corrected chi connectivity index (χ2v) is 6.01. The molecule has 0 radical (unpaired) electrons. The van der Waals surface area contributed by atoms with E-state index in [0.29, 0.717) is 0 Å². The van der Waals surface area contributed by atoms with E-state index < -0.39 is 0 Å². The second kappa shape index (κ2) is 4.89. The summed E-state index contributed by atoms with van der Waals surface area (Å²) >= 11 is 0. The van der Waals surface area contributed by atoms with E-state index in [0.717, 1.165) is 35.5 Å². The van der Waals surface area contributed by atoms with Crippen LogP contribution in [0.4, 0.5) is 5.69 Å². The molecule has 0 atom stereocenters. The SMILES string of the molecule is Cc1cccc(N)c1-c1nnnn1C1(C)CCCCC1. The molecule has 0 bridgehead atoms. The van der Waals surface area contributed by atoms with Crippen LogP contribution in [0.5, 0.6) is 0 Å². The molecule has 2 aromatic rings. The number of hydrogen-bond acceptors (Lipinski definition) is 4. The zero-order valence-corrected chi connectivity index (χ0v) is 12.1. The summed E-state index contributed by atoms with van der Waals surface area (Å²) in [6.07, 6.45) is 6.02. The monoisotopic (exact) mass is 271 g/mol. The van der Waals surface area contributed by atoms with E-state index in [9.17, 15) is 0 Å². The number of anilines is 1. The van der Waals surface area contributed by atoms with E-state index in [1.54, 1.807) is 0 Å². The van der Waals surface area contributed by atoms with Crippen LogP contribution in [0.3, 0.4) is 0 Å². The molecule has 2 N–H and O–H groups in total. The molecule has 0 spiro atoms. The Hall–Kier alpha value is -1.91. The third kappa shape index (κ3) is 2.07. The third-order valence-corrected chi connectivity index (χ3v) is 4.44. The van der Waals surface area contributed by atoms with E-state index >= 15 is 0 Å². The van der Waals surface area contributed by atoms with Gasteiger partial charge in [0.05, 0.1) is 5.54 Å². The topological polar surface area (TPSA) is 69.6 Å². The molecule has 106 valence electrons. The van der Waals surface area contributed by atoms with Gasteiger partial charge in [0.15, 0.2) is 5.82 Å². The van der Waals surface area contributed by atoms with E-state index in [1.165, 1.54) is 19.3 Å². The second-order valence-electron chi connectivity index (χ2n) is 6.01. The number of aryl methyl sites for hydroxylation is 1. The fourth-order valence-corrected chi connectivity index (χ4v) is 3.23. The molecular weight excluding hydrogens is 250 g/mol. The molecule has 1 aliphatic carbocycles. The summed E-state index contributed by atoms with van der Waals surface area (Å²) < 4.78 is 1.99. The lowest BCUT2D eigenvalue weighted by Crippen LogP contribution is -2.34. The van der Waals surface area contributed by atoms with Crippen molar-refractivity contribution in [2.24, 2.45) is 0 Å². The largest absolute Gasteiger partial charge is 0.398 e. The predicted octanol–water partition coefficient (Wildman–Crippen LogP) is 2.91. The highest BCUT2D eigenvalue weighted by atomic mass is 15.6. The first-order valence-corrected chi connectivity index (χ1v) is 7.26. The summed E-state index contributed by atoms with van der Waals surface area (Å²) in [5, 5.41) is 12.4. The van der Waals surface area contributed by atoms with Crippen molar-refractivity contribution in [1.29, 1.82) is 0 Å². The van der Waals surface area contributed by atoms with Gasteiger partial charge in [-0.3, -0.25) is 0 Å². The number of tetrazole rings is 1. The maximum atomic E-state index is 6.15. The lowest BCUT2D eigenvalue weighted by atomic mass is 9.83. The van der Waals surface area contributed by atoms with Gasteiger partial charge in [0.1, 0.15) is 0 Å². The Morgan fingerprint density at radius 1 is 1.20 bits per heavy atom. The first-order chi connectivity index (χ1) is 9.62. The maximum Gasteiger partial charge on any atom is 0.184 e. The molecule has 1 fully saturated rings. The van der Waals surface area contributed by atoms with Crippen LogP contribution in [0, 0.1) is 6.92 Å². The van der Waals surface area contributed by atoms with Crippen LogP contribution >= 0.6 is 0 Å². The summed E-state index contributed by atoms with van der Waals surface area (Å²) in [6.45, 7) is 4.30. The highest BCUT2D eigenvalue weighted by molar-refractivity contribution is 5.74. The average Bonchev–Trinajstić information content (AvgIpc) is 2.89. The molecule has 0 unspecified atom stereocenters. The number of benzene rings is 1. The van der Waals surface area contributed by atoms with Gasteiger partial charge in [-0.2, -0.15) is 0 Å². The summed E-state index contributed by atoms with van der Waals surface area (Å²) in [5.74, 6) is 0.796. The fraction of sp³-hybridized carbons (Fsp3) is 0.533. The van der Waals surface area contributed by atoms with Gasteiger partial charge >= 0.3 is 0 Å². The lowest BCUT2D eigenvalue weighted by molar-refractivity contribution is 0.197. The summed E-state index contributed by atoms with van der Waals surface area (Å²) in [7, 11) is 0. The van der Waals surface area contributed by atoms with Gasteiger partial charge in [-0.05, 0) is 48.7 Å². The van der Waals surface area contributed by atoms with Crippen LogP contribution < -0.4 is 5.73 Å². The zero-order valence-electron chi connectivity index (χ0n) is 12.1. The van der Waals surface area contributed by atoms with Crippen LogP contribution in [-0.2, 0) is 5.54 Å². The Bertz CT molecular complexity index is 590. The molecule has 3 rings (SSSR count). The van der Waals surface area contributed by atoms with E-state index in [2.05, 4.69) is 22.4 Å². The molecule has 0 saturated heterocycles. The van der Waals surface area contributed by atoms with Crippen LogP contribution in [0.1, 0.15) is 44.6 Å². The molecule has 1 aromatic heterocycles. The minimum absolute atomic E-state index is 0.00576. The molecular formula is C15H21N5. The highest BCUT2D eigenvalue weighted by Crippen LogP contribution is 2.37. The minimum Gasteiger partial charge on any atom is -0.398 e. The molecule has 0 amide bonds. The van der Waals surface area contributed by atoms with E-state index in [-0.39, 0.29) is 5.54 Å². The van der Waals surface area contributed by atoms with Gasteiger partial charge in [-0.25, -0.2) is 4.68 Å². The standard InChI is InChI=1S/C15H21N5/c1-11-7-6-8-12(16)13(11)14-17-18-19-20(14)15(2)9-4-3-5-10-15/h6-8H,3-5,9-10,16H2,1-2H3. The minimum atomic E-state index is 0.00576. The number of nitrogens with zero attached hydrogens (tertiary/aromatic N) is 4. The Kier molecular flexibility index (Phi) is 3.20. The molecule has 20 heavy (non-hydrogen) atoms. The molecule has 1 aromatic carbocycles. The van der Waals surface area contributed by atoms with E-state index in [1.807, 2.05) is 29.8 Å². The van der Waals surface area contributed by atoms with Crippen molar-refractivity contribution in [1.82, 2.24) is 20.2 Å². The zero-order chi connectivity index (χ0) is 14.2. The number of nitrogens with two attached hydrogens (primary N) is 1. The van der Waals surface area contributed by atoms with Crippen molar-refractivity contribution in [2.75, 3.05) is 5.73 Å². The molecule has 5 nitrogen and oxygen atoms in total. The van der Waals surface area contributed by atoms with Gasteiger partial charge in [0.2, 0.25) is 0 Å². The number of rotatable bonds is 2. The van der Waals surface area contributed by atoms with Crippen LogP contribution in [-0.4, -0.2) is 20.2 Å². The molecule has 5 heteroatoms. The van der Waals surface area contributed by atoms with Crippen molar-refractivity contribution >= 4 is 5.69 Å². The van der Waals surface area contributed by atoms with Crippen molar-refractivity contribution < 1.29 is 0 Å². The maximum absolute atomic E-state index is 6.15. The Morgan fingerprint density at radius 2 is 1.95 bits per heavy atom. The Labute approximate surface area is 119 Å². The van der Waals surface area contributed by atoms with Gasteiger partial charge in [0, 0.05) is 11.3 Å². The lowest BCUT2D eigenvalue weighted by Gasteiger charge is -2.34. The van der Waals surface area contributed by atoms with E-state index in [4.69, 9.17) is 5.73 Å². The molecule has 1 saturated carbocycles. The summed E-state index contributed by atoms with van der Waals surface area (Å²) in [6, 6.07) is 5.92. The van der Waals surface area contributed by atoms with Gasteiger partial charge < -0.3 is 5.73 Å². The van der Waals surface area contributed by atoms with Crippen molar-refractivity contribution in [2.45, 2.75) is 51.5 Å². The van der Waals surface area contributed by atoms with Gasteiger partial charge in [-0.15, -0.1) is 5.10 Å². The summed E-state index contributed by atoms with van der Waals surface area (Å²) in [5.41, 5.74) is 8.96. The number of hydrogen-bond donors (Lipinski definition) is 1. The highest BCUT2D eigenvalue weighted by Gasteiger charge is 2.33. The van der Waals surface area contributed by atoms with Crippen LogP contribution in [0.2, 0.25) is 0 Å². The quantitative estimate of drug-likeness (QED) is 0.853. The molecule has 1 aliphatic rings. The first-order valence-electron chi connectivity index (χ1n) is 7.26. The predicted molar refractivity (Wildman–Crippen MR) is 79.1 cm³/mol. The fourth-order valence-electron chi connectivity index (χ4n) is 3.23. The Morgan fingerprint density at radius 3 is 2.65 bits per heavy atom. The molecule has 1 heterocycles. The van der Waals surface area contributed by atoms with Gasteiger partial charge in [0.25, 0.3) is 0 Å². The summed E-state index contributed by atoms with van der Waals surface area (Å²) in [4.78, 5) is 0. The Balaban J connectivity index is 2.11. The normalized spacial score (nSPS) is 18.1. The van der Waals surface area contributed by atoms with Crippen LogP contribution in [0.25, 0.3) is 11.4 Å².